The van der Waals surface area contributed by atoms with Crippen molar-refractivity contribution in [3.63, 3.8) is 0 Å². The maximum absolute atomic E-state index is 2.47. The maximum atomic E-state index is 2.47. The van der Waals surface area contributed by atoms with Crippen LogP contribution in [0.4, 0.5) is 0 Å². The highest BCUT2D eigenvalue weighted by Gasteiger charge is 2.18. The van der Waals surface area contributed by atoms with Gasteiger partial charge in [0, 0.05) is 3.92 Å². The quantitative estimate of drug-likeness (QED) is 0.528. The fourth-order valence-corrected chi connectivity index (χ4v) is 2.07. The van der Waals surface area contributed by atoms with Crippen molar-refractivity contribution in [2.24, 2.45) is 0 Å². The highest BCUT2D eigenvalue weighted by atomic mass is 127. The van der Waals surface area contributed by atoms with Gasteiger partial charge in [0.1, 0.15) is 0 Å². The molecule has 0 radical (unpaired) electrons. The first-order chi connectivity index (χ1) is 5.93. The van der Waals surface area contributed by atoms with E-state index in [0.29, 0.717) is 3.92 Å². The average molecular weight is 288 g/mol. The van der Waals surface area contributed by atoms with E-state index >= 15 is 0 Å². The molecular formula is C12H17I. The van der Waals surface area contributed by atoms with Crippen molar-refractivity contribution in [1.29, 1.82) is 0 Å². The number of benzene rings is 1. The van der Waals surface area contributed by atoms with Crippen molar-refractivity contribution in [3.05, 3.63) is 35.4 Å². The molecule has 0 aliphatic carbocycles. The molecule has 0 aliphatic heterocycles. The minimum atomic E-state index is 0.260. The Hall–Kier alpha value is -0.0500. The van der Waals surface area contributed by atoms with Crippen LogP contribution in [0.1, 0.15) is 42.7 Å². The molecule has 13 heavy (non-hydrogen) atoms. The molecule has 1 heteroatoms. The summed E-state index contributed by atoms with van der Waals surface area (Å²) in [5.41, 5.74) is 3.20. The Labute approximate surface area is 94.9 Å². The Morgan fingerprint density at radius 2 is 1.69 bits per heavy atom. The molecule has 0 aliphatic rings. The van der Waals surface area contributed by atoms with Crippen molar-refractivity contribution in [1.82, 2.24) is 0 Å². The van der Waals surface area contributed by atoms with Gasteiger partial charge in [0.15, 0.2) is 0 Å². The summed E-state index contributed by atoms with van der Waals surface area (Å²) in [6, 6.07) is 8.73. The van der Waals surface area contributed by atoms with E-state index in [9.17, 15) is 0 Å². The summed E-state index contributed by atoms with van der Waals surface area (Å²) < 4.78 is 0.591. The maximum Gasteiger partial charge on any atom is 0.0334 e. The molecule has 1 rings (SSSR count). The van der Waals surface area contributed by atoms with Crippen LogP contribution in [0.25, 0.3) is 0 Å². The Kier molecular flexibility index (Phi) is 3.38. The van der Waals surface area contributed by atoms with Crippen LogP contribution in [-0.4, -0.2) is 0 Å². The summed E-state index contributed by atoms with van der Waals surface area (Å²) in [5, 5.41) is 0. The third kappa shape index (κ3) is 2.70. The van der Waals surface area contributed by atoms with E-state index in [4.69, 9.17) is 0 Å². The van der Waals surface area contributed by atoms with E-state index in [1.54, 1.807) is 0 Å². The van der Waals surface area contributed by atoms with Crippen molar-refractivity contribution >= 4 is 22.6 Å². The van der Waals surface area contributed by atoms with Gasteiger partial charge in [-0.3, -0.25) is 0 Å². The van der Waals surface area contributed by atoms with Crippen LogP contribution in [0.3, 0.4) is 0 Å². The summed E-state index contributed by atoms with van der Waals surface area (Å²) in [5.74, 6) is 0. The Morgan fingerprint density at radius 1 is 1.15 bits per heavy atom. The molecule has 1 unspecified atom stereocenters. The van der Waals surface area contributed by atoms with Gasteiger partial charge in [0.25, 0.3) is 0 Å². The lowest BCUT2D eigenvalue weighted by molar-refractivity contribution is 0.583. The Bertz CT molecular complexity index is 281. The van der Waals surface area contributed by atoms with E-state index in [1.165, 1.54) is 11.1 Å². The van der Waals surface area contributed by atoms with E-state index in [-0.39, 0.29) is 5.41 Å². The molecule has 0 saturated carbocycles. The minimum absolute atomic E-state index is 0.260. The molecule has 0 bridgehead atoms. The number of hydrogen-bond acceptors (Lipinski definition) is 0. The van der Waals surface area contributed by atoms with Crippen LogP contribution in [-0.2, 0) is 5.41 Å². The van der Waals surface area contributed by atoms with E-state index < -0.39 is 0 Å². The van der Waals surface area contributed by atoms with E-state index in [1.807, 2.05) is 0 Å². The molecule has 0 fully saturated rings. The monoisotopic (exact) mass is 288 g/mol. The molecule has 1 atom stereocenters. The van der Waals surface area contributed by atoms with Crippen molar-refractivity contribution in [2.45, 2.75) is 37.0 Å². The first-order valence-corrected chi connectivity index (χ1v) is 5.91. The minimum Gasteiger partial charge on any atom is -0.0777 e. The van der Waals surface area contributed by atoms with Crippen LogP contribution in [0.5, 0.6) is 0 Å². The van der Waals surface area contributed by atoms with Gasteiger partial charge >= 0.3 is 0 Å². The molecule has 0 nitrogen and oxygen atoms in total. The highest BCUT2D eigenvalue weighted by molar-refractivity contribution is 14.1. The Morgan fingerprint density at radius 3 is 2.08 bits per heavy atom. The molecule has 1 aromatic rings. The second-order valence-electron chi connectivity index (χ2n) is 4.45. The molecule has 72 valence electrons. The smallest absolute Gasteiger partial charge is 0.0334 e. The summed E-state index contributed by atoms with van der Waals surface area (Å²) in [6.07, 6.45) is 0. The van der Waals surface area contributed by atoms with Gasteiger partial charge in [-0.25, -0.2) is 0 Å². The SMILES string of the molecule is CC(I)c1ccccc1C(C)(C)C. The number of halogens is 1. The zero-order chi connectivity index (χ0) is 10.1. The van der Waals surface area contributed by atoms with E-state index in [2.05, 4.69) is 74.6 Å². The predicted octanol–water partition coefficient (Wildman–Crippen LogP) is 4.48. The zero-order valence-electron chi connectivity index (χ0n) is 8.76. The molecular weight excluding hydrogens is 271 g/mol. The second-order valence-corrected chi connectivity index (χ2v) is 6.32. The van der Waals surface area contributed by atoms with Crippen molar-refractivity contribution in [2.75, 3.05) is 0 Å². The van der Waals surface area contributed by atoms with Crippen LogP contribution < -0.4 is 0 Å². The third-order valence-electron chi connectivity index (χ3n) is 2.20. The van der Waals surface area contributed by atoms with Gasteiger partial charge < -0.3 is 0 Å². The first kappa shape index (κ1) is 11.0. The molecule has 0 aromatic heterocycles. The van der Waals surface area contributed by atoms with Crippen LogP contribution in [0.15, 0.2) is 24.3 Å². The lowest BCUT2D eigenvalue weighted by Gasteiger charge is -2.23. The van der Waals surface area contributed by atoms with Crippen molar-refractivity contribution in [3.8, 4) is 0 Å². The van der Waals surface area contributed by atoms with Gasteiger partial charge in [0.2, 0.25) is 0 Å². The topological polar surface area (TPSA) is 0 Å². The standard InChI is InChI=1S/C12H17I/c1-9(13)10-7-5-6-8-11(10)12(2,3)4/h5-9H,1-4H3. The largest absolute Gasteiger partial charge is 0.0777 e. The molecule has 0 heterocycles. The summed E-state index contributed by atoms with van der Waals surface area (Å²) in [4.78, 5) is 0. The number of rotatable bonds is 1. The van der Waals surface area contributed by atoms with Crippen molar-refractivity contribution < 1.29 is 0 Å². The zero-order valence-corrected chi connectivity index (χ0v) is 10.9. The third-order valence-corrected chi connectivity index (χ3v) is 2.87. The normalized spacial score (nSPS) is 14.2. The molecule has 1 aromatic carbocycles. The average Bonchev–Trinajstić information content (AvgIpc) is 2.03. The summed E-state index contributed by atoms with van der Waals surface area (Å²) in [7, 11) is 0. The highest BCUT2D eigenvalue weighted by Crippen LogP contribution is 2.33. The molecule has 0 N–H and O–H groups in total. The number of alkyl halides is 1. The first-order valence-electron chi connectivity index (χ1n) is 4.66. The van der Waals surface area contributed by atoms with Gasteiger partial charge in [-0.15, -0.1) is 0 Å². The predicted molar refractivity (Wildman–Crippen MR) is 67.6 cm³/mol. The van der Waals surface area contributed by atoms with Crippen LogP contribution >= 0.6 is 22.6 Å². The molecule has 0 amide bonds. The summed E-state index contributed by atoms with van der Waals surface area (Å²) >= 11 is 2.47. The fourth-order valence-electron chi connectivity index (χ4n) is 1.53. The van der Waals surface area contributed by atoms with Gasteiger partial charge in [-0.05, 0) is 23.5 Å². The molecule has 0 saturated heterocycles. The lowest BCUT2D eigenvalue weighted by Crippen LogP contribution is -2.14. The number of hydrogen-bond donors (Lipinski definition) is 0. The van der Waals surface area contributed by atoms with Crippen LogP contribution in [0, 0.1) is 0 Å². The van der Waals surface area contributed by atoms with E-state index in [0.717, 1.165) is 0 Å². The fraction of sp³-hybridized carbons (Fsp3) is 0.500. The van der Waals surface area contributed by atoms with Gasteiger partial charge in [0.05, 0.1) is 0 Å². The van der Waals surface area contributed by atoms with Gasteiger partial charge in [-0.1, -0.05) is 67.6 Å². The lowest BCUT2D eigenvalue weighted by atomic mass is 9.83. The second kappa shape index (κ2) is 3.99. The Balaban J connectivity index is 3.20. The van der Waals surface area contributed by atoms with Crippen LogP contribution in [0.2, 0.25) is 0 Å². The van der Waals surface area contributed by atoms with Gasteiger partial charge in [-0.2, -0.15) is 0 Å². The summed E-state index contributed by atoms with van der Waals surface area (Å²) in [6.45, 7) is 9.05. The molecule has 0 spiro atoms.